The summed E-state index contributed by atoms with van der Waals surface area (Å²) in [5, 5.41) is 12.5. The van der Waals surface area contributed by atoms with Crippen LogP contribution < -0.4 is 10.0 Å². The first-order valence-electron chi connectivity index (χ1n) is 8.48. The zero-order chi connectivity index (χ0) is 18.4. The van der Waals surface area contributed by atoms with Crippen LogP contribution in [0.5, 0.6) is 0 Å². The largest absolute Gasteiger partial charge is 0.478 e. The van der Waals surface area contributed by atoms with E-state index >= 15 is 0 Å². The van der Waals surface area contributed by atoms with Gasteiger partial charge in [0, 0.05) is 19.2 Å². The fraction of sp³-hybridized carbons (Fsp3) is 0.588. The summed E-state index contributed by atoms with van der Waals surface area (Å²) in [6.45, 7) is 1.92. The number of carbonyl (C=O) groups is 1. The molecule has 0 radical (unpaired) electrons. The molecule has 25 heavy (non-hydrogen) atoms. The van der Waals surface area contributed by atoms with E-state index in [9.17, 15) is 18.3 Å². The Morgan fingerprint density at radius 2 is 2.00 bits per heavy atom. The van der Waals surface area contributed by atoms with Gasteiger partial charge in [0.1, 0.15) is 4.90 Å². The minimum absolute atomic E-state index is 0.0408. The van der Waals surface area contributed by atoms with Gasteiger partial charge in [0.15, 0.2) is 0 Å². The van der Waals surface area contributed by atoms with Crippen LogP contribution in [0.25, 0.3) is 0 Å². The van der Waals surface area contributed by atoms with Gasteiger partial charge in [0.2, 0.25) is 10.0 Å². The van der Waals surface area contributed by atoms with Crippen LogP contribution in [0.1, 0.15) is 49.4 Å². The summed E-state index contributed by atoms with van der Waals surface area (Å²) in [5.74, 6) is -1.16. The van der Waals surface area contributed by atoms with E-state index in [-0.39, 0.29) is 23.1 Å². The zero-order valence-corrected chi connectivity index (χ0v) is 15.4. The summed E-state index contributed by atoms with van der Waals surface area (Å²) < 4.78 is 33.0. The lowest BCUT2D eigenvalue weighted by Gasteiger charge is -2.25. The van der Waals surface area contributed by atoms with Crippen molar-refractivity contribution in [1.82, 2.24) is 4.72 Å². The molecule has 140 valence electrons. The molecule has 1 fully saturated rings. The van der Waals surface area contributed by atoms with E-state index in [0.717, 1.165) is 25.7 Å². The molecular formula is C17H26N2O5S. The number of hydrogen-bond donors (Lipinski definition) is 3. The minimum Gasteiger partial charge on any atom is -0.478 e. The summed E-state index contributed by atoms with van der Waals surface area (Å²) in [7, 11) is -2.38. The fourth-order valence-corrected chi connectivity index (χ4v) is 4.50. The molecule has 0 aliphatic heterocycles. The van der Waals surface area contributed by atoms with Gasteiger partial charge >= 0.3 is 5.97 Å². The van der Waals surface area contributed by atoms with E-state index in [1.54, 1.807) is 6.92 Å². The Morgan fingerprint density at radius 3 is 2.60 bits per heavy atom. The molecule has 7 nitrogen and oxygen atoms in total. The van der Waals surface area contributed by atoms with Crippen molar-refractivity contribution in [3.63, 3.8) is 0 Å². The number of carboxylic acid groups (broad SMARTS) is 1. The molecule has 1 aliphatic carbocycles. The molecule has 1 aliphatic rings. The normalized spacial score (nSPS) is 17.2. The number of ether oxygens (including phenoxy) is 1. The van der Waals surface area contributed by atoms with Gasteiger partial charge in [-0.1, -0.05) is 19.3 Å². The second-order valence-electron chi connectivity index (χ2n) is 6.47. The van der Waals surface area contributed by atoms with Crippen molar-refractivity contribution < 1.29 is 23.1 Å². The molecule has 8 heteroatoms. The predicted molar refractivity (Wildman–Crippen MR) is 95.6 cm³/mol. The molecule has 0 aromatic heterocycles. The summed E-state index contributed by atoms with van der Waals surface area (Å²) in [5.41, 5.74) is 0.378. The molecule has 2 rings (SSSR count). The number of methoxy groups -OCH3 is 1. The second kappa shape index (κ2) is 8.64. The van der Waals surface area contributed by atoms with Crippen molar-refractivity contribution in [2.45, 2.75) is 56.0 Å². The van der Waals surface area contributed by atoms with Gasteiger partial charge in [-0.2, -0.15) is 0 Å². The Kier molecular flexibility index (Phi) is 6.80. The summed E-state index contributed by atoms with van der Waals surface area (Å²) in [6, 6.07) is 3.94. The van der Waals surface area contributed by atoms with Crippen molar-refractivity contribution in [3.05, 3.63) is 23.8 Å². The van der Waals surface area contributed by atoms with E-state index in [4.69, 9.17) is 4.74 Å². The van der Waals surface area contributed by atoms with Crippen LogP contribution in [0.4, 0.5) is 5.69 Å². The molecule has 1 aromatic rings. The molecule has 0 heterocycles. The van der Waals surface area contributed by atoms with E-state index < -0.39 is 22.0 Å². The lowest BCUT2D eigenvalue weighted by atomic mass is 9.95. The molecule has 1 unspecified atom stereocenters. The fourth-order valence-electron chi connectivity index (χ4n) is 3.08. The number of benzene rings is 1. The molecule has 1 aromatic carbocycles. The number of rotatable bonds is 8. The third-order valence-corrected chi connectivity index (χ3v) is 5.89. The van der Waals surface area contributed by atoms with Crippen molar-refractivity contribution >= 4 is 21.7 Å². The predicted octanol–water partition coefficient (Wildman–Crippen LogP) is 2.44. The first kappa shape index (κ1) is 19.7. The highest BCUT2D eigenvalue weighted by Gasteiger charge is 2.24. The molecule has 3 N–H and O–H groups in total. The smallest absolute Gasteiger partial charge is 0.335 e. The first-order valence-corrected chi connectivity index (χ1v) is 9.97. The Bertz CT molecular complexity index is 699. The third-order valence-electron chi connectivity index (χ3n) is 4.26. The van der Waals surface area contributed by atoms with Crippen LogP contribution in [0.3, 0.4) is 0 Å². The number of sulfonamides is 1. The molecule has 1 atom stereocenters. The SMILES string of the molecule is COCC(C)NS(=O)(=O)c1cc(C(=O)O)ccc1NC1CCCCC1. The second-order valence-corrected chi connectivity index (χ2v) is 8.16. The standard InChI is InChI=1S/C17H26N2O5S/c1-12(11-24-2)19-25(22,23)16-10-13(17(20)21)8-9-15(16)18-14-6-4-3-5-7-14/h8-10,12,14,18-19H,3-7,11H2,1-2H3,(H,20,21). The van der Waals surface area contributed by atoms with Crippen LogP contribution in [-0.4, -0.2) is 45.3 Å². The Hall–Kier alpha value is -1.64. The average molecular weight is 370 g/mol. The van der Waals surface area contributed by atoms with Gasteiger partial charge < -0.3 is 15.2 Å². The minimum atomic E-state index is -3.87. The number of hydrogen-bond acceptors (Lipinski definition) is 5. The van der Waals surface area contributed by atoms with Gasteiger partial charge in [0.05, 0.1) is 17.9 Å². The number of nitrogens with one attached hydrogen (secondary N) is 2. The first-order chi connectivity index (χ1) is 11.8. The molecule has 0 spiro atoms. The molecule has 0 saturated heterocycles. The summed E-state index contributed by atoms with van der Waals surface area (Å²) >= 11 is 0. The lowest BCUT2D eigenvalue weighted by molar-refractivity contribution is 0.0696. The lowest BCUT2D eigenvalue weighted by Crippen LogP contribution is -2.36. The van der Waals surface area contributed by atoms with Crippen molar-refractivity contribution in [2.24, 2.45) is 0 Å². The van der Waals surface area contributed by atoms with Crippen molar-refractivity contribution in [1.29, 1.82) is 0 Å². The molecular weight excluding hydrogens is 344 g/mol. The van der Waals surface area contributed by atoms with Gasteiger partial charge in [-0.05, 0) is 38.0 Å². The quantitative estimate of drug-likeness (QED) is 0.649. The van der Waals surface area contributed by atoms with Gasteiger partial charge in [-0.15, -0.1) is 0 Å². The topological polar surface area (TPSA) is 105 Å². The third kappa shape index (κ3) is 5.42. The molecule has 0 amide bonds. The zero-order valence-electron chi connectivity index (χ0n) is 14.6. The van der Waals surface area contributed by atoms with E-state index in [0.29, 0.717) is 5.69 Å². The number of carboxylic acids is 1. The number of aromatic carboxylic acids is 1. The van der Waals surface area contributed by atoms with Crippen LogP contribution in [0.15, 0.2) is 23.1 Å². The molecule has 0 bridgehead atoms. The highest BCUT2D eigenvalue weighted by Crippen LogP contribution is 2.27. The highest BCUT2D eigenvalue weighted by molar-refractivity contribution is 7.89. The van der Waals surface area contributed by atoms with Crippen LogP contribution >= 0.6 is 0 Å². The maximum atomic E-state index is 12.8. The number of anilines is 1. The van der Waals surface area contributed by atoms with Gasteiger partial charge in [-0.25, -0.2) is 17.9 Å². The summed E-state index contributed by atoms with van der Waals surface area (Å²) in [6.07, 6.45) is 5.37. The van der Waals surface area contributed by atoms with E-state index in [2.05, 4.69) is 10.0 Å². The van der Waals surface area contributed by atoms with Crippen LogP contribution in [0, 0.1) is 0 Å². The van der Waals surface area contributed by atoms with E-state index in [1.807, 2.05) is 0 Å². The monoisotopic (exact) mass is 370 g/mol. The van der Waals surface area contributed by atoms with Crippen molar-refractivity contribution in [3.8, 4) is 0 Å². The van der Waals surface area contributed by atoms with Crippen LogP contribution in [-0.2, 0) is 14.8 Å². The maximum absolute atomic E-state index is 12.8. The Morgan fingerprint density at radius 1 is 1.32 bits per heavy atom. The van der Waals surface area contributed by atoms with E-state index in [1.165, 1.54) is 31.7 Å². The Balaban J connectivity index is 2.33. The van der Waals surface area contributed by atoms with Gasteiger partial charge in [0.25, 0.3) is 0 Å². The molecule has 1 saturated carbocycles. The van der Waals surface area contributed by atoms with Crippen molar-refractivity contribution in [2.75, 3.05) is 19.0 Å². The highest BCUT2D eigenvalue weighted by atomic mass is 32.2. The Labute approximate surface area is 148 Å². The average Bonchev–Trinajstić information content (AvgIpc) is 2.55. The maximum Gasteiger partial charge on any atom is 0.335 e. The van der Waals surface area contributed by atoms with Crippen LogP contribution in [0.2, 0.25) is 0 Å². The van der Waals surface area contributed by atoms with Gasteiger partial charge in [-0.3, -0.25) is 0 Å². The summed E-state index contributed by atoms with van der Waals surface area (Å²) in [4.78, 5) is 11.2.